The third kappa shape index (κ3) is 1.97. The van der Waals surface area contributed by atoms with Gasteiger partial charge in [-0.05, 0) is 25.8 Å². The molecule has 0 unspecified atom stereocenters. The van der Waals surface area contributed by atoms with Gasteiger partial charge < -0.3 is 14.7 Å². The number of hydrogen-bond acceptors (Lipinski definition) is 4. The monoisotopic (exact) mass is 246 g/mol. The number of nitrogen functional groups attached to an aromatic ring is 1. The fraction of sp³-hybridized carbons (Fsp3) is 0.333. The summed E-state index contributed by atoms with van der Waals surface area (Å²) in [6.45, 7) is 1.80. The highest BCUT2D eigenvalue weighted by molar-refractivity contribution is 6.02. The van der Waals surface area contributed by atoms with Crippen LogP contribution in [0.25, 0.3) is 0 Å². The van der Waals surface area contributed by atoms with E-state index in [1.807, 2.05) is 4.57 Å². The first-order valence-electron chi connectivity index (χ1n) is 5.84. The Morgan fingerprint density at radius 1 is 1.61 bits per heavy atom. The number of oxazole rings is 1. The number of nitrogens with zero attached hydrogens (tertiary/aromatic N) is 2. The molecule has 6 heteroatoms. The first kappa shape index (κ1) is 10.9. The second-order valence-corrected chi connectivity index (χ2v) is 4.55. The van der Waals surface area contributed by atoms with E-state index in [0.29, 0.717) is 17.4 Å². The Morgan fingerprint density at radius 2 is 2.39 bits per heavy atom. The molecule has 1 fully saturated rings. The Hall–Kier alpha value is -2.24. The number of carbonyl (C=O) groups excluding carboxylic acids is 1. The Kier molecular flexibility index (Phi) is 2.36. The number of carbonyl (C=O) groups is 1. The first-order chi connectivity index (χ1) is 8.63. The van der Waals surface area contributed by atoms with Gasteiger partial charge in [-0.2, -0.15) is 4.98 Å². The number of anilines is 2. The summed E-state index contributed by atoms with van der Waals surface area (Å²) in [4.78, 5) is 16.1. The zero-order valence-corrected chi connectivity index (χ0v) is 10.0. The van der Waals surface area contributed by atoms with Crippen molar-refractivity contribution in [2.24, 2.45) is 0 Å². The molecule has 2 aromatic rings. The fourth-order valence-corrected chi connectivity index (χ4v) is 1.91. The molecule has 1 saturated carbocycles. The van der Waals surface area contributed by atoms with Gasteiger partial charge in [-0.3, -0.25) is 10.1 Å². The average molecular weight is 246 g/mol. The van der Waals surface area contributed by atoms with E-state index < -0.39 is 0 Å². The van der Waals surface area contributed by atoms with Crippen molar-refractivity contribution >= 4 is 17.6 Å². The van der Waals surface area contributed by atoms with Crippen molar-refractivity contribution in [1.29, 1.82) is 0 Å². The van der Waals surface area contributed by atoms with E-state index in [1.165, 1.54) is 6.26 Å². The maximum Gasteiger partial charge on any atom is 0.301 e. The minimum Gasteiger partial charge on any atom is -0.432 e. The van der Waals surface area contributed by atoms with Crippen molar-refractivity contribution in [3.63, 3.8) is 0 Å². The highest BCUT2D eigenvalue weighted by Crippen LogP contribution is 2.37. The number of aryl methyl sites for hydroxylation is 1. The smallest absolute Gasteiger partial charge is 0.301 e. The number of aromatic nitrogens is 2. The molecule has 0 atom stereocenters. The maximum absolute atomic E-state index is 12.1. The van der Waals surface area contributed by atoms with Gasteiger partial charge in [0.2, 0.25) is 0 Å². The Bertz CT molecular complexity index is 595. The molecule has 94 valence electrons. The molecule has 0 radical (unpaired) electrons. The van der Waals surface area contributed by atoms with E-state index in [1.54, 1.807) is 19.2 Å². The molecule has 0 spiro atoms. The minimum absolute atomic E-state index is 0.208. The molecule has 0 saturated heterocycles. The summed E-state index contributed by atoms with van der Waals surface area (Å²) in [5, 5.41) is 2.62. The topological polar surface area (TPSA) is 86.1 Å². The van der Waals surface area contributed by atoms with Gasteiger partial charge in [0.25, 0.3) is 5.91 Å². The minimum atomic E-state index is -0.250. The quantitative estimate of drug-likeness (QED) is 0.866. The van der Waals surface area contributed by atoms with Crippen molar-refractivity contribution in [3.05, 3.63) is 29.9 Å². The van der Waals surface area contributed by atoms with E-state index in [-0.39, 0.29) is 11.9 Å². The summed E-state index contributed by atoms with van der Waals surface area (Å²) in [5.74, 6) is -0.250. The van der Waals surface area contributed by atoms with Gasteiger partial charge in [0, 0.05) is 12.2 Å². The van der Waals surface area contributed by atoms with Crippen LogP contribution in [0.3, 0.4) is 0 Å². The van der Waals surface area contributed by atoms with Crippen LogP contribution in [0, 0.1) is 6.92 Å². The van der Waals surface area contributed by atoms with Gasteiger partial charge in [0.05, 0.1) is 11.4 Å². The van der Waals surface area contributed by atoms with Crippen LogP contribution >= 0.6 is 0 Å². The number of nitrogens with two attached hydrogens (primary N) is 1. The fourth-order valence-electron chi connectivity index (χ4n) is 1.91. The Morgan fingerprint density at radius 3 is 3.00 bits per heavy atom. The van der Waals surface area contributed by atoms with Crippen LogP contribution in [0.5, 0.6) is 0 Å². The molecule has 1 aliphatic carbocycles. The SMILES string of the molecule is Cc1coc(NC(=O)c2cc(N)cn2C2CC2)n1. The predicted molar refractivity (Wildman–Crippen MR) is 66.3 cm³/mol. The lowest BCUT2D eigenvalue weighted by molar-refractivity contribution is 0.101. The average Bonchev–Trinajstić information content (AvgIpc) is 2.98. The molecule has 2 aromatic heterocycles. The molecular formula is C12H14N4O2. The third-order valence-corrected chi connectivity index (χ3v) is 2.88. The zero-order valence-electron chi connectivity index (χ0n) is 10.0. The molecular weight excluding hydrogens is 232 g/mol. The molecule has 0 bridgehead atoms. The number of amides is 1. The first-order valence-corrected chi connectivity index (χ1v) is 5.84. The molecule has 3 N–H and O–H groups in total. The summed E-state index contributed by atoms with van der Waals surface area (Å²) in [6.07, 6.45) is 5.47. The molecule has 3 rings (SSSR count). The second-order valence-electron chi connectivity index (χ2n) is 4.55. The standard InChI is InChI=1S/C12H14N4O2/c1-7-6-18-12(14-7)15-11(17)10-4-8(13)5-16(10)9-2-3-9/h4-6,9H,2-3,13H2,1H3,(H,14,15,17). The van der Waals surface area contributed by atoms with Gasteiger partial charge in [0.15, 0.2) is 0 Å². The molecule has 1 amide bonds. The van der Waals surface area contributed by atoms with Crippen LogP contribution in [0.4, 0.5) is 11.7 Å². The van der Waals surface area contributed by atoms with Crippen molar-refractivity contribution < 1.29 is 9.21 Å². The van der Waals surface area contributed by atoms with Crippen LogP contribution < -0.4 is 11.1 Å². The van der Waals surface area contributed by atoms with Gasteiger partial charge in [-0.15, -0.1) is 0 Å². The Labute approximate surface area is 104 Å². The van der Waals surface area contributed by atoms with Crippen LogP contribution in [0.1, 0.15) is 35.1 Å². The summed E-state index contributed by atoms with van der Waals surface area (Å²) >= 11 is 0. The van der Waals surface area contributed by atoms with Crippen LogP contribution in [-0.2, 0) is 0 Å². The third-order valence-electron chi connectivity index (χ3n) is 2.88. The largest absolute Gasteiger partial charge is 0.432 e. The highest BCUT2D eigenvalue weighted by atomic mass is 16.4. The van der Waals surface area contributed by atoms with Crippen LogP contribution in [0.2, 0.25) is 0 Å². The van der Waals surface area contributed by atoms with E-state index in [2.05, 4.69) is 10.3 Å². The van der Waals surface area contributed by atoms with Crippen molar-refractivity contribution in [1.82, 2.24) is 9.55 Å². The molecule has 0 aliphatic heterocycles. The summed E-state index contributed by atoms with van der Waals surface area (Å²) in [6, 6.07) is 2.28. The summed E-state index contributed by atoms with van der Waals surface area (Å²) < 4.78 is 7.01. The highest BCUT2D eigenvalue weighted by Gasteiger charge is 2.28. The molecule has 0 aromatic carbocycles. The number of hydrogen-bond donors (Lipinski definition) is 2. The molecule has 18 heavy (non-hydrogen) atoms. The lowest BCUT2D eigenvalue weighted by Gasteiger charge is -2.05. The van der Waals surface area contributed by atoms with Crippen molar-refractivity contribution in [2.75, 3.05) is 11.1 Å². The van der Waals surface area contributed by atoms with Crippen molar-refractivity contribution in [2.45, 2.75) is 25.8 Å². The zero-order chi connectivity index (χ0) is 12.7. The second kappa shape index (κ2) is 3.90. The van der Waals surface area contributed by atoms with Crippen LogP contribution in [0.15, 0.2) is 22.9 Å². The number of rotatable bonds is 3. The van der Waals surface area contributed by atoms with E-state index in [4.69, 9.17) is 10.2 Å². The molecule has 1 aliphatic rings. The van der Waals surface area contributed by atoms with Crippen LogP contribution in [-0.4, -0.2) is 15.5 Å². The number of nitrogens with one attached hydrogen (secondary N) is 1. The predicted octanol–water partition coefficient (Wildman–Crippen LogP) is 1.95. The lowest BCUT2D eigenvalue weighted by atomic mass is 10.4. The van der Waals surface area contributed by atoms with E-state index in [9.17, 15) is 4.79 Å². The summed E-state index contributed by atoms with van der Waals surface area (Å²) in [7, 11) is 0. The maximum atomic E-state index is 12.1. The normalized spacial score (nSPS) is 14.7. The lowest BCUT2D eigenvalue weighted by Crippen LogP contribution is -2.16. The Balaban J connectivity index is 1.83. The molecule has 6 nitrogen and oxygen atoms in total. The van der Waals surface area contributed by atoms with Gasteiger partial charge in [-0.25, -0.2) is 0 Å². The van der Waals surface area contributed by atoms with E-state index >= 15 is 0 Å². The molecule has 2 heterocycles. The van der Waals surface area contributed by atoms with Crippen molar-refractivity contribution in [3.8, 4) is 0 Å². The van der Waals surface area contributed by atoms with E-state index in [0.717, 1.165) is 18.5 Å². The van der Waals surface area contributed by atoms with Gasteiger partial charge in [0.1, 0.15) is 12.0 Å². The van der Waals surface area contributed by atoms with Gasteiger partial charge in [-0.1, -0.05) is 0 Å². The summed E-state index contributed by atoms with van der Waals surface area (Å²) in [5.41, 5.74) is 7.61. The van der Waals surface area contributed by atoms with Gasteiger partial charge >= 0.3 is 6.01 Å².